The topological polar surface area (TPSA) is 70.2 Å². The molecule has 0 saturated carbocycles. The first-order valence-electron chi connectivity index (χ1n) is 9.13. The van der Waals surface area contributed by atoms with E-state index in [9.17, 15) is 4.79 Å². The molecule has 1 aliphatic heterocycles. The summed E-state index contributed by atoms with van der Waals surface area (Å²) in [5.41, 5.74) is 2.60. The molecule has 0 bridgehead atoms. The maximum absolute atomic E-state index is 12.5. The Morgan fingerprint density at radius 2 is 1.96 bits per heavy atom. The molecular formula is C21H21ClN4O2. The summed E-state index contributed by atoms with van der Waals surface area (Å²) >= 11 is 5.95. The number of hydrogen-bond acceptors (Lipinski definition) is 4. The molecule has 6 nitrogen and oxygen atoms in total. The molecule has 28 heavy (non-hydrogen) atoms. The van der Waals surface area contributed by atoms with Crippen molar-refractivity contribution >= 4 is 23.3 Å². The van der Waals surface area contributed by atoms with Gasteiger partial charge in [0, 0.05) is 35.8 Å². The molecule has 1 saturated heterocycles. The fraction of sp³-hybridized carbons (Fsp3) is 0.238. The number of amides is 1. The van der Waals surface area contributed by atoms with Crippen molar-refractivity contribution in [1.82, 2.24) is 15.5 Å². The van der Waals surface area contributed by atoms with Gasteiger partial charge in [0.05, 0.1) is 12.8 Å². The van der Waals surface area contributed by atoms with Gasteiger partial charge in [-0.25, -0.2) is 0 Å². The molecule has 2 aromatic carbocycles. The van der Waals surface area contributed by atoms with Crippen LogP contribution in [0.15, 0.2) is 54.6 Å². The second kappa shape index (κ2) is 7.94. The molecule has 1 amide bonds. The highest BCUT2D eigenvalue weighted by atomic mass is 35.5. The van der Waals surface area contributed by atoms with Crippen molar-refractivity contribution in [2.45, 2.75) is 12.5 Å². The van der Waals surface area contributed by atoms with Crippen molar-refractivity contribution in [3.8, 4) is 17.0 Å². The predicted octanol–water partition coefficient (Wildman–Crippen LogP) is 3.75. The Labute approximate surface area is 168 Å². The second-order valence-corrected chi connectivity index (χ2v) is 7.22. The monoisotopic (exact) mass is 396 g/mol. The lowest BCUT2D eigenvalue weighted by Gasteiger charge is -2.16. The van der Waals surface area contributed by atoms with Crippen LogP contribution in [-0.4, -0.2) is 42.3 Å². The molecule has 1 aliphatic rings. The maximum atomic E-state index is 12.5. The third kappa shape index (κ3) is 3.97. The van der Waals surface area contributed by atoms with E-state index in [0.717, 1.165) is 42.3 Å². The smallest absolute Gasteiger partial charge is 0.251 e. The van der Waals surface area contributed by atoms with Crippen LogP contribution in [0.2, 0.25) is 5.02 Å². The van der Waals surface area contributed by atoms with Crippen LogP contribution in [0.5, 0.6) is 5.75 Å². The standard InChI is InChI=1S/C21H21ClN4O2/c1-28-18-8-4-15(5-9-18)21(27)23-17-10-11-26(13-17)20-12-19(24-25-20)14-2-6-16(22)7-3-14/h2-9,12,17H,10-11,13H2,1H3,(H,23,27)(H,24,25). The molecule has 1 fully saturated rings. The highest BCUT2D eigenvalue weighted by Crippen LogP contribution is 2.25. The number of aromatic nitrogens is 2. The van der Waals surface area contributed by atoms with Gasteiger partial charge in [-0.05, 0) is 48.4 Å². The van der Waals surface area contributed by atoms with Gasteiger partial charge < -0.3 is 15.0 Å². The van der Waals surface area contributed by atoms with Gasteiger partial charge in [0.25, 0.3) is 5.91 Å². The predicted molar refractivity (Wildman–Crippen MR) is 110 cm³/mol. The van der Waals surface area contributed by atoms with E-state index in [4.69, 9.17) is 16.3 Å². The van der Waals surface area contributed by atoms with Crippen molar-refractivity contribution in [3.63, 3.8) is 0 Å². The number of nitrogens with one attached hydrogen (secondary N) is 2. The van der Waals surface area contributed by atoms with E-state index in [1.807, 2.05) is 30.3 Å². The van der Waals surface area contributed by atoms with E-state index in [-0.39, 0.29) is 11.9 Å². The van der Waals surface area contributed by atoms with Crippen LogP contribution in [0.4, 0.5) is 5.82 Å². The molecule has 1 aromatic heterocycles. The zero-order valence-corrected chi connectivity index (χ0v) is 16.2. The molecule has 7 heteroatoms. The van der Waals surface area contributed by atoms with Crippen molar-refractivity contribution in [2.75, 3.05) is 25.1 Å². The van der Waals surface area contributed by atoms with Crippen molar-refractivity contribution in [3.05, 3.63) is 65.2 Å². The number of methoxy groups -OCH3 is 1. The lowest BCUT2D eigenvalue weighted by atomic mass is 10.1. The van der Waals surface area contributed by atoms with E-state index in [1.165, 1.54) is 0 Å². The van der Waals surface area contributed by atoms with Crippen LogP contribution >= 0.6 is 11.6 Å². The van der Waals surface area contributed by atoms with Gasteiger partial charge in [0.2, 0.25) is 0 Å². The van der Waals surface area contributed by atoms with Crippen molar-refractivity contribution in [2.24, 2.45) is 0 Å². The highest BCUT2D eigenvalue weighted by Gasteiger charge is 2.26. The molecule has 2 heterocycles. The minimum absolute atomic E-state index is 0.0709. The van der Waals surface area contributed by atoms with E-state index in [2.05, 4.69) is 20.4 Å². The Bertz CT molecular complexity index is 953. The average Bonchev–Trinajstić information content (AvgIpc) is 3.38. The van der Waals surface area contributed by atoms with Gasteiger partial charge in [0.1, 0.15) is 5.75 Å². The highest BCUT2D eigenvalue weighted by molar-refractivity contribution is 6.30. The number of rotatable bonds is 5. The molecule has 0 spiro atoms. The Kier molecular flexibility index (Phi) is 5.21. The van der Waals surface area contributed by atoms with Gasteiger partial charge in [-0.1, -0.05) is 23.7 Å². The molecule has 3 aromatic rings. The minimum atomic E-state index is -0.0709. The van der Waals surface area contributed by atoms with Gasteiger partial charge in [-0.2, -0.15) is 5.10 Å². The summed E-state index contributed by atoms with van der Waals surface area (Å²) in [5.74, 6) is 1.54. The van der Waals surface area contributed by atoms with E-state index in [0.29, 0.717) is 10.6 Å². The number of anilines is 1. The number of benzene rings is 2. The second-order valence-electron chi connectivity index (χ2n) is 6.78. The van der Waals surface area contributed by atoms with E-state index in [1.54, 1.807) is 31.4 Å². The third-order valence-corrected chi connectivity index (χ3v) is 5.17. The average molecular weight is 397 g/mol. The SMILES string of the molecule is COc1ccc(C(=O)NC2CCN(c3cc(-c4ccc(Cl)cc4)[nH]n3)C2)cc1. The molecule has 4 rings (SSSR count). The largest absolute Gasteiger partial charge is 0.497 e. The van der Waals surface area contributed by atoms with Gasteiger partial charge in [-0.15, -0.1) is 0 Å². The van der Waals surface area contributed by atoms with Crippen LogP contribution in [-0.2, 0) is 0 Å². The lowest BCUT2D eigenvalue weighted by molar-refractivity contribution is 0.0940. The molecule has 144 valence electrons. The number of aromatic amines is 1. The van der Waals surface area contributed by atoms with Crippen molar-refractivity contribution < 1.29 is 9.53 Å². The fourth-order valence-corrected chi connectivity index (χ4v) is 3.47. The first-order valence-corrected chi connectivity index (χ1v) is 9.51. The minimum Gasteiger partial charge on any atom is -0.497 e. The zero-order valence-electron chi connectivity index (χ0n) is 15.5. The lowest BCUT2D eigenvalue weighted by Crippen LogP contribution is -2.37. The van der Waals surface area contributed by atoms with Crippen LogP contribution in [0.25, 0.3) is 11.3 Å². The summed E-state index contributed by atoms with van der Waals surface area (Å²) in [6.45, 7) is 1.57. The van der Waals surface area contributed by atoms with Gasteiger partial charge in [0.15, 0.2) is 5.82 Å². The van der Waals surface area contributed by atoms with Crippen molar-refractivity contribution in [1.29, 1.82) is 0 Å². The summed E-state index contributed by atoms with van der Waals surface area (Å²) in [7, 11) is 1.61. The summed E-state index contributed by atoms with van der Waals surface area (Å²) in [6, 6.07) is 16.9. The number of carbonyl (C=O) groups is 1. The summed E-state index contributed by atoms with van der Waals surface area (Å²) in [4.78, 5) is 14.6. The molecule has 1 atom stereocenters. The summed E-state index contributed by atoms with van der Waals surface area (Å²) < 4.78 is 5.13. The van der Waals surface area contributed by atoms with Crippen LogP contribution in [0, 0.1) is 0 Å². The molecule has 0 aliphatic carbocycles. The molecule has 0 radical (unpaired) electrons. The Balaban J connectivity index is 1.37. The van der Waals surface area contributed by atoms with E-state index < -0.39 is 0 Å². The normalized spacial score (nSPS) is 16.2. The Morgan fingerprint density at radius 3 is 2.68 bits per heavy atom. The summed E-state index contributed by atoms with van der Waals surface area (Å²) in [5, 5.41) is 11.3. The number of carbonyl (C=O) groups excluding carboxylic acids is 1. The quantitative estimate of drug-likeness (QED) is 0.689. The first-order chi connectivity index (χ1) is 13.6. The van der Waals surface area contributed by atoms with Gasteiger partial charge >= 0.3 is 0 Å². The maximum Gasteiger partial charge on any atom is 0.251 e. The fourth-order valence-electron chi connectivity index (χ4n) is 3.35. The number of H-pyrrole nitrogens is 1. The summed E-state index contributed by atoms with van der Waals surface area (Å²) in [6.07, 6.45) is 0.880. The Morgan fingerprint density at radius 1 is 1.21 bits per heavy atom. The van der Waals surface area contributed by atoms with Crippen LogP contribution in [0.1, 0.15) is 16.8 Å². The number of nitrogens with zero attached hydrogens (tertiary/aromatic N) is 2. The molecule has 1 unspecified atom stereocenters. The Hall–Kier alpha value is -2.99. The third-order valence-electron chi connectivity index (χ3n) is 4.92. The zero-order chi connectivity index (χ0) is 19.5. The van der Waals surface area contributed by atoms with Crippen LogP contribution < -0.4 is 15.0 Å². The first kappa shape index (κ1) is 18.4. The van der Waals surface area contributed by atoms with E-state index >= 15 is 0 Å². The number of hydrogen-bond donors (Lipinski definition) is 2. The number of halogens is 1. The molecule has 2 N–H and O–H groups in total. The number of ether oxygens (including phenoxy) is 1. The van der Waals surface area contributed by atoms with Gasteiger partial charge in [-0.3, -0.25) is 9.89 Å². The molecular weight excluding hydrogens is 376 g/mol. The van der Waals surface area contributed by atoms with Crippen LogP contribution in [0.3, 0.4) is 0 Å².